The summed E-state index contributed by atoms with van der Waals surface area (Å²) in [5.41, 5.74) is 7.04. The molecule has 0 aliphatic heterocycles. The Bertz CT molecular complexity index is 511. The lowest BCUT2D eigenvalue weighted by atomic mass is 10.2. The van der Waals surface area contributed by atoms with Crippen LogP contribution in [-0.2, 0) is 0 Å². The zero-order valence-electron chi connectivity index (χ0n) is 9.08. The molecule has 0 fully saturated rings. The van der Waals surface area contributed by atoms with Crippen LogP contribution in [0.4, 0.5) is 10.1 Å². The number of nitrogen functional groups attached to an aromatic ring is 1. The summed E-state index contributed by atoms with van der Waals surface area (Å²) >= 11 is 5.60. The normalized spacial score (nSPS) is 10.3. The quantitative estimate of drug-likeness (QED) is 0.832. The van der Waals surface area contributed by atoms with Crippen molar-refractivity contribution >= 4 is 17.3 Å². The smallest absolute Gasteiger partial charge is 0.255 e. The Labute approximate surface area is 103 Å². The maximum Gasteiger partial charge on any atom is 0.255 e. The number of hydrogen-bond acceptors (Lipinski definition) is 3. The van der Waals surface area contributed by atoms with Gasteiger partial charge in [-0.15, -0.1) is 0 Å². The van der Waals surface area contributed by atoms with Crippen molar-refractivity contribution in [3.8, 4) is 11.6 Å². The summed E-state index contributed by atoms with van der Waals surface area (Å²) in [7, 11) is 0. The van der Waals surface area contributed by atoms with Crippen molar-refractivity contribution in [1.29, 1.82) is 0 Å². The highest BCUT2D eigenvalue weighted by Gasteiger charge is 2.09. The summed E-state index contributed by atoms with van der Waals surface area (Å²) in [5, 5.41) is 0.226. The van der Waals surface area contributed by atoms with Gasteiger partial charge in [0.1, 0.15) is 5.75 Å². The molecule has 0 atom stereocenters. The first-order valence-corrected chi connectivity index (χ1v) is 5.29. The van der Waals surface area contributed by atoms with Crippen LogP contribution in [0.1, 0.15) is 5.56 Å². The van der Waals surface area contributed by atoms with Crippen LogP contribution in [0.3, 0.4) is 0 Å². The second-order valence-electron chi connectivity index (χ2n) is 3.57. The molecule has 2 aromatic rings. The highest BCUT2D eigenvalue weighted by molar-refractivity contribution is 6.30. The van der Waals surface area contributed by atoms with Crippen LogP contribution in [0, 0.1) is 12.7 Å². The van der Waals surface area contributed by atoms with Crippen LogP contribution >= 0.6 is 11.6 Å². The van der Waals surface area contributed by atoms with Gasteiger partial charge in [0, 0.05) is 11.9 Å². The van der Waals surface area contributed by atoms with E-state index < -0.39 is 5.82 Å². The molecule has 0 saturated carbocycles. The fraction of sp³-hybridized carbons (Fsp3) is 0.0833. The van der Waals surface area contributed by atoms with Crippen LogP contribution in [0.15, 0.2) is 30.5 Å². The lowest BCUT2D eigenvalue weighted by molar-refractivity contribution is 0.420. The molecule has 3 nitrogen and oxygen atoms in total. The van der Waals surface area contributed by atoms with Gasteiger partial charge in [0.15, 0.2) is 5.82 Å². The second kappa shape index (κ2) is 4.59. The van der Waals surface area contributed by atoms with E-state index in [0.717, 1.165) is 11.6 Å². The number of nitrogens with two attached hydrogens (primary N) is 1. The number of ether oxygens (including phenoxy) is 1. The van der Waals surface area contributed by atoms with E-state index in [9.17, 15) is 4.39 Å². The highest BCUT2D eigenvalue weighted by atomic mass is 35.5. The first-order chi connectivity index (χ1) is 8.06. The summed E-state index contributed by atoms with van der Waals surface area (Å²) in [5.74, 6) is -0.205. The topological polar surface area (TPSA) is 48.1 Å². The number of rotatable bonds is 2. The number of halogens is 2. The highest BCUT2D eigenvalue weighted by Crippen LogP contribution is 2.27. The lowest BCUT2D eigenvalue weighted by Gasteiger charge is -2.08. The Morgan fingerprint density at radius 3 is 2.76 bits per heavy atom. The van der Waals surface area contributed by atoms with Crippen molar-refractivity contribution in [2.75, 3.05) is 5.73 Å². The van der Waals surface area contributed by atoms with E-state index in [4.69, 9.17) is 22.1 Å². The van der Waals surface area contributed by atoms with Crippen molar-refractivity contribution in [3.05, 3.63) is 46.9 Å². The fourth-order valence-corrected chi connectivity index (χ4v) is 1.51. The van der Waals surface area contributed by atoms with Gasteiger partial charge in [-0.25, -0.2) is 9.37 Å². The van der Waals surface area contributed by atoms with Crippen molar-refractivity contribution in [1.82, 2.24) is 4.98 Å². The molecule has 0 radical (unpaired) electrons. The SMILES string of the molecule is Cc1cc(N)ccc1Oc1ncc(Cl)cc1F. The van der Waals surface area contributed by atoms with Crippen molar-refractivity contribution in [2.45, 2.75) is 6.92 Å². The number of anilines is 1. The summed E-state index contributed by atoms with van der Waals surface area (Å²) < 4.78 is 18.8. The average molecular weight is 253 g/mol. The Kier molecular flexibility index (Phi) is 3.15. The molecular weight excluding hydrogens is 243 g/mol. The minimum Gasteiger partial charge on any atom is -0.436 e. The third-order valence-corrected chi connectivity index (χ3v) is 2.39. The van der Waals surface area contributed by atoms with Gasteiger partial charge < -0.3 is 10.5 Å². The predicted octanol–water partition coefficient (Wildman–Crippen LogP) is 3.56. The number of benzene rings is 1. The molecule has 0 amide bonds. The molecule has 1 heterocycles. The minimum atomic E-state index is -0.603. The van der Waals surface area contributed by atoms with E-state index in [0.29, 0.717) is 11.4 Å². The Hall–Kier alpha value is -1.81. The fourth-order valence-electron chi connectivity index (χ4n) is 1.37. The Morgan fingerprint density at radius 2 is 2.12 bits per heavy atom. The molecule has 1 aromatic carbocycles. The Morgan fingerprint density at radius 1 is 1.35 bits per heavy atom. The van der Waals surface area contributed by atoms with E-state index in [-0.39, 0.29) is 10.9 Å². The van der Waals surface area contributed by atoms with Crippen molar-refractivity contribution in [3.63, 3.8) is 0 Å². The van der Waals surface area contributed by atoms with Gasteiger partial charge in [-0.2, -0.15) is 0 Å². The van der Waals surface area contributed by atoms with Crippen LogP contribution in [0.2, 0.25) is 5.02 Å². The third-order valence-electron chi connectivity index (χ3n) is 2.18. The number of aryl methyl sites for hydroxylation is 1. The van der Waals surface area contributed by atoms with E-state index in [1.165, 1.54) is 6.20 Å². The van der Waals surface area contributed by atoms with Gasteiger partial charge in [-0.3, -0.25) is 0 Å². The number of aromatic nitrogens is 1. The van der Waals surface area contributed by atoms with Gasteiger partial charge >= 0.3 is 0 Å². The van der Waals surface area contributed by atoms with E-state index in [1.807, 2.05) is 6.92 Å². The molecule has 2 N–H and O–H groups in total. The number of nitrogens with zero attached hydrogens (tertiary/aromatic N) is 1. The molecule has 0 spiro atoms. The van der Waals surface area contributed by atoms with Gasteiger partial charge in [-0.05, 0) is 36.8 Å². The average Bonchev–Trinajstić information content (AvgIpc) is 2.25. The van der Waals surface area contributed by atoms with Gasteiger partial charge in [0.25, 0.3) is 5.88 Å². The first-order valence-electron chi connectivity index (χ1n) is 4.91. The molecular formula is C12H10ClFN2O. The summed E-state index contributed by atoms with van der Waals surface area (Å²) in [6.45, 7) is 1.82. The maximum absolute atomic E-state index is 13.5. The summed E-state index contributed by atoms with van der Waals surface area (Å²) in [6, 6.07) is 6.23. The minimum absolute atomic E-state index is 0.109. The molecule has 0 saturated heterocycles. The zero-order valence-corrected chi connectivity index (χ0v) is 9.83. The maximum atomic E-state index is 13.5. The van der Waals surface area contributed by atoms with Crippen LogP contribution in [0.5, 0.6) is 11.6 Å². The van der Waals surface area contributed by atoms with Gasteiger partial charge in [0.05, 0.1) is 5.02 Å². The van der Waals surface area contributed by atoms with Crippen molar-refractivity contribution < 1.29 is 9.13 Å². The van der Waals surface area contributed by atoms with Crippen LogP contribution in [0.25, 0.3) is 0 Å². The van der Waals surface area contributed by atoms with Gasteiger partial charge in [0.2, 0.25) is 0 Å². The van der Waals surface area contributed by atoms with E-state index in [2.05, 4.69) is 4.98 Å². The van der Waals surface area contributed by atoms with Crippen LogP contribution < -0.4 is 10.5 Å². The molecule has 17 heavy (non-hydrogen) atoms. The van der Waals surface area contributed by atoms with Gasteiger partial charge in [-0.1, -0.05) is 11.6 Å². The zero-order chi connectivity index (χ0) is 12.4. The molecule has 5 heteroatoms. The predicted molar refractivity (Wildman–Crippen MR) is 64.9 cm³/mol. The molecule has 1 aromatic heterocycles. The van der Waals surface area contributed by atoms with E-state index in [1.54, 1.807) is 18.2 Å². The summed E-state index contributed by atoms with van der Waals surface area (Å²) in [4.78, 5) is 3.78. The standard InChI is InChI=1S/C12H10ClFN2O/c1-7-4-9(15)2-3-11(7)17-12-10(14)5-8(13)6-16-12/h2-6H,15H2,1H3. The molecule has 2 rings (SSSR count). The lowest BCUT2D eigenvalue weighted by Crippen LogP contribution is -1.94. The number of pyridine rings is 1. The molecule has 0 bridgehead atoms. The first kappa shape index (κ1) is 11.7. The third kappa shape index (κ3) is 2.65. The molecule has 0 aliphatic carbocycles. The van der Waals surface area contributed by atoms with Crippen LogP contribution in [-0.4, -0.2) is 4.98 Å². The molecule has 0 unspecified atom stereocenters. The molecule has 0 aliphatic rings. The monoisotopic (exact) mass is 252 g/mol. The second-order valence-corrected chi connectivity index (χ2v) is 4.00. The number of hydrogen-bond donors (Lipinski definition) is 1. The molecule has 88 valence electrons. The van der Waals surface area contributed by atoms with Crippen molar-refractivity contribution in [2.24, 2.45) is 0 Å². The summed E-state index contributed by atoms with van der Waals surface area (Å²) in [6.07, 6.45) is 1.33. The largest absolute Gasteiger partial charge is 0.436 e. The Balaban J connectivity index is 2.31. The van der Waals surface area contributed by atoms with E-state index >= 15 is 0 Å².